The smallest absolute Gasteiger partial charge is 0.457 e. The summed E-state index contributed by atoms with van der Waals surface area (Å²) < 4.78 is 47.9. The van der Waals surface area contributed by atoms with Gasteiger partial charge in [0.15, 0.2) is 0 Å². The van der Waals surface area contributed by atoms with Crippen molar-refractivity contribution in [1.29, 1.82) is 5.26 Å². The van der Waals surface area contributed by atoms with E-state index in [1.54, 1.807) is 37.7 Å². The molecule has 38 heavy (non-hydrogen) atoms. The fourth-order valence-corrected chi connectivity index (χ4v) is 3.10. The van der Waals surface area contributed by atoms with Gasteiger partial charge in [-0.15, -0.1) is 0 Å². The van der Waals surface area contributed by atoms with Crippen molar-refractivity contribution in [2.45, 2.75) is 32.3 Å². The molecule has 6 nitrogen and oxygen atoms in total. The van der Waals surface area contributed by atoms with Crippen LogP contribution in [0.1, 0.15) is 43.5 Å². The van der Waals surface area contributed by atoms with Gasteiger partial charge in [0.1, 0.15) is 23.1 Å². The van der Waals surface area contributed by atoms with Crippen LogP contribution < -0.4 is 61.4 Å². The van der Waals surface area contributed by atoms with Gasteiger partial charge in [-0.05, 0) is 43.2 Å². The van der Waals surface area contributed by atoms with Crippen molar-refractivity contribution in [3.05, 3.63) is 95.4 Å². The summed E-state index contributed by atoms with van der Waals surface area (Å²) in [5.74, 6) is -1.11. The van der Waals surface area contributed by atoms with Crippen LogP contribution in [0.2, 0.25) is 0 Å². The van der Waals surface area contributed by atoms with Crippen molar-refractivity contribution in [1.82, 2.24) is 10.3 Å². The quantitative estimate of drug-likeness (QED) is 0.143. The van der Waals surface area contributed by atoms with Crippen LogP contribution in [0.5, 0.6) is 11.5 Å². The number of halogens is 3. The monoisotopic (exact) mass is 566 g/mol. The number of ether oxygens (including phenoxy) is 1. The number of pyridine rings is 1. The Kier molecular flexibility index (Phi) is 14.7. The first-order chi connectivity index (χ1) is 17.7. The third kappa shape index (κ3) is 9.46. The largest absolute Gasteiger partial charge is 1.00 e. The zero-order chi connectivity index (χ0) is 27.4. The number of hydrogen-bond donors (Lipinski definition) is 2. The molecular weight excluding hydrogens is 540 g/mol. The topological polar surface area (TPSA) is 90.5 Å². The number of nitrogens with zero attached hydrogens (tertiary/aromatic N) is 3. The molecule has 194 valence electrons. The Morgan fingerprint density at radius 1 is 1.18 bits per heavy atom. The SMILES string of the molecule is CCC(=S)NC=NC.CCC(O)(c1ccc(F)cc1F)[C-](F)c1ccc(Oc2ccc(C#N)cc2)cn1.[K+]. The number of thiocarbonyl (C=S) groups is 1. The van der Waals surface area contributed by atoms with E-state index in [0.29, 0.717) is 23.1 Å². The Balaban J connectivity index is 0.000000699. The van der Waals surface area contributed by atoms with E-state index in [4.69, 9.17) is 22.2 Å². The summed E-state index contributed by atoms with van der Waals surface area (Å²) in [6.45, 7) is 3.48. The van der Waals surface area contributed by atoms with Crippen LogP contribution in [-0.2, 0) is 5.60 Å². The molecule has 2 N–H and O–H groups in total. The third-order valence-corrected chi connectivity index (χ3v) is 5.51. The van der Waals surface area contributed by atoms with Crippen LogP contribution in [0.4, 0.5) is 13.2 Å². The van der Waals surface area contributed by atoms with Gasteiger partial charge in [-0.2, -0.15) is 11.3 Å². The maximum absolute atomic E-state index is 15.1. The minimum Gasteiger partial charge on any atom is -0.457 e. The van der Waals surface area contributed by atoms with Gasteiger partial charge in [0.25, 0.3) is 0 Å². The molecule has 0 saturated carbocycles. The molecule has 0 fully saturated rings. The molecule has 1 unspecified atom stereocenters. The molecule has 0 aliphatic carbocycles. The van der Waals surface area contributed by atoms with Crippen LogP contribution in [-0.4, -0.2) is 28.5 Å². The van der Waals surface area contributed by atoms with E-state index in [0.717, 1.165) is 23.5 Å². The number of aliphatic imine (C=N–C) groups is 1. The zero-order valence-corrected chi connectivity index (χ0v) is 25.4. The fourth-order valence-electron chi connectivity index (χ4n) is 3.04. The Morgan fingerprint density at radius 2 is 1.84 bits per heavy atom. The minimum atomic E-state index is -2.29. The predicted octanol–water partition coefficient (Wildman–Crippen LogP) is 3.15. The second-order valence-electron chi connectivity index (χ2n) is 7.58. The average Bonchev–Trinajstić information content (AvgIpc) is 2.92. The minimum absolute atomic E-state index is 0. The molecule has 0 aliphatic rings. The summed E-state index contributed by atoms with van der Waals surface area (Å²) in [5.41, 5.74) is -2.39. The maximum Gasteiger partial charge on any atom is 1.00 e. The average molecular weight is 567 g/mol. The van der Waals surface area contributed by atoms with E-state index in [1.165, 1.54) is 25.3 Å². The van der Waals surface area contributed by atoms with Crippen molar-refractivity contribution in [3.8, 4) is 17.6 Å². The van der Waals surface area contributed by atoms with Crippen LogP contribution >= 0.6 is 12.2 Å². The molecule has 1 aromatic heterocycles. The number of aromatic nitrogens is 1. The summed E-state index contributed by atoms with van der Waals surface area (Å²) in [7, 11) is 1.70. The molecule has 0 bridgehead atoms. The first kappa shape index (κ1) is 33.7. The van der Waals surface area contributed by atoms with Crippen LogP contribution in [0.25, 0.3) is 0 Å². The first-order valence-electron chi connectivity index (χ1n) is 11.2. The number of aliphatic hydroxyl groups is 1. The second kappa shape index (κ2) is 16.6. The molecule has 1 heterocycles. The van der Waals surface area contributed by atoms with Gasteiger partial charge in [-0.3, -0.25) is 9.98 Å². The van der Waals surface area contributed by atoms with Gasteiger partial charge in [0, 0.05) is 24.8 Å². The molecule has 3 aromatic rings. The maximum atomic E-state index is 15.1. The summed E-state index contributed by atoms with van der Waals surface area (Å²) in [4.78, 5) is 8.48. The van der Waals surface area contributed by atoms with E-state index < -0.39 is 23.4 Å². The molecule has 0 radical (unpaired) electrons. The van der Waals surface area contributed by atoms with Gasteiger partial charge in [0.2, 0.25) is 0 Å². The van der Waals surface area contributed by atoms with Crippen LogP contribution in [0.3, 0.4) is 0 Å². The van der Waals surface area contributed by atoms with Crippen LogP contribution in [0.15, 0.2) is 65.8 Å². The van der Waals surface area contributed by atoms with E-state index in [-0.39, 0.29) is 69.1 Å². The van der Waals surface area contributed by atoms with Crippen molar-refractivity contribution < 1.29 is 74.4 Å². The molecule has 0 amide bonds. The van der Waals surface area contributed by atoms with E-state index in [1.807, 2.05) is 13.0 Å². The molecular formula is C27H26F3KN4O2S. The molecule has 0 aliphatic heterocycles. The summed E-state index contributed by atoms with van der Waals surface area (Å²) in [6, 6.07) is 13.7. The third-order valence-electron chi connectivity index (χ3n) is 5.11. The second-order valence-corrected chi connectivity index (χ2v) is 8.07. The normalized spacial score (nSPS) is 11.7. The van der Waals surface area contributed by atoms with E-state index in [2.05, 4.69) is 15.3 Å². The van der Waals surface area contributed by atoms with Crippen LogP contribution in [0, 0.1) is 29.1 Å². The van der Waals surface area contributed by atoms with E-state index in [9.17, 15) is 13.9 Å². The zero-order valence-electron chi connectivity index (χ0n) is 21.5. The number of nitrogens with one attached hydrogen (secondary N) is 1. The molecule has 1 atom stereocenters. The summed E-state index contributed by atoms with van der Waals surface area (Å²) >= 11 is 4.82. The van der Waals surface area contributed by atoms with Gasteiger partial charge in [-0.1, -0.05) is 43.9 Å². The van der Waals surface area contributed by atoms with Gasteiger partial charge in [0.05, 0.1) is 34.8 Å². The first-order valence-corrected chi connectivity index (χ1v) is 11.6. The number of hydrogen-bond acceptors (Lipinski definition) is 6. The number of rotatable bonds is 8. The molecule has 11 heteroatoms. The fraction of sp³-hybridized carbons (Fsp3) is 0.222. The molecule has 0 spiro atoms. The number of nitriles is 1. The Hall–Kier alpha value is -2.30. The Morgan fingerprint density at radius 3 is 2.34 bits per heavy atom. The summed E-state index contributed by atoms with van der Waals surface area (Å²) in [5, 5.41) is 22.4. The van der Waals surface area contributed by atoms with Gasteiger partial charge >= 0.3 is 51.4 Å². The molecule has 2 aromatic carbocycles. The van der Waals surface area contributed by atoms with Crippen molar-refractivity contribution >= 4 is 23.5 Å². The molecule has 3 rings (SSSR count). The molecule has 0 saturated heterocycles. The van der Waals surface area contributed by atoms with Crippen molar-refractivity contribution in [2.75, 3.05) is 7.05 Å². The Bertz CT molecular complexity index is 1250. The predicted molar refractivity (Wildman–Crippen MR) is 140 cm³/mol. The van der Waals surface area contributed by atoms with Gasteiger partial charge in [-0.25, -0.2) is 8.78 Å². The van der Waals surface area contributed by atoms with Crippen molar-refractivity contribution in [2.24, 2.45) is 4.99 Å². The van der Waals surface area contributed by atoms with Crippen molar-refractivity contribution in [3.63, 3.8) is 0 Å². The Labute approximate surface area is 268 Å². The number of benzene rings is 2. The standard InChI is InChI=1S/C22H16F3N2O2.C5H10N2S.K/c1-2-22(28,18-9-5-15(23)11-19(18)24)21(25)20-10-8-17(13-27-20)29-16-6-3-14(12-26)4-7-16;1-3-5(8)7-4-6-2;/h3-11,13,28H,2H2,1H3;4H,3H2,1-2H3,(H,6,7,8);/q-1;;+1. The summed E-state index contributed by atoms with van der Waals surface area (Å²) in [6.07, 6.45) is 2.47. The van der Waals surface area contributed by atoms with Gasteiger partial charge < -0.3 is 19.6 Å². The van der Waals surface area contributed by atoms with E-state index >= 15 is 4.39 Å².